The lowest BCUT2D eigenvalue weighted by atomic mass is 10.0. The maximum atomic E-state index is 12.3. The first kappa shape index (κ1) is 17.2. The van der Waals surface area contributed by atoms with Gasteiger partial charge >= 0.3 is 0 Å². The van der Waals surface area contributed by atoms with Gasteiger partial charge in [0.15, 0.2) is 0 Å². The fourth-order valence-electron chi connectivity index (χ4n) is 2.29. The van der Waals surface area contributed by atoms with Gasteiger partial charge in [-0.05, 0) is 42.5 Å². The SMILES string of the molecule is Cc1ccc(S(=O)(=O)N/N=C/c2ccc(C(C)C)cc2)c(C)c1. The van der Waals surface area contributed by atoms with Crippen molar-refractivity contribution in [2.45, 2.75) is 38.5 Å². The first-order valence-electron chi connectivity index (χ1n) is 7.51. The molecule has 0 atom stereocenters. The van der Waals surface area contributed by atoms with Crippen molar-refractivity contribution in [3.05, 3.63) is 64.7 Å². The van der Waals surface area contributed by atoms with Crippen LogP contribution in [0.5, 0.6) is 0 Å². The molecule has 0 aliphatic rings. The quantitative estimate of drug-likeness (QED) is 0.670. The smallest absolute Gasteiger partial charge is 0.200 e. The van der Waals surface area contributed by atoms with Gasteiger partial charge in [0.25, 0.3) is 10.0 Å². The molecule has 0 bridgehead atoms. The number of hydrazone groups is 1. The molecule has 0 radical (unpaired) electrons. The summed E-state index contributed by atoms with van der Waals surface area (Å²) < 4.78 is 24.5. The van der Waals surface area contributed by atoms with E-state index in [4.69, 9.17) is 0 Å². The van der Waals surface area contributed by atoms with Crippen LogP contribution in [0.15, 0.2) is 52.5 Å². The number of hydrogen-bond acceptors (Lipinski definition) is 3. The van der Waals surface area contributed by atoms with Gasteiger partial charge in [0.1, 0.15) is 0 Å². The van der Waals surface area contributed by atoms with E-state index in [0.717, 1.165) is 11.1 Å². The number of sulfonamides is 1. The van der Waals surface area contributed by atoms with Gasteiger partial charge in [-0.3, -0.25) is 0 Å². The van der Waals surface area contributed by atoms with E-state index in [-0.39, 0.29) is 4.90 Å². The summed E-state index contributed by atoms with van der Waals surface area (Å²) in [5.74, 6) is 0.462. The van der Waals surface area contributed by atoms with E-state index in [1.54, 1.807) is 19.1 Å². The van der Waals surface area contributed by atoms with Gasteiger partial charge in [-0.1, -0.05) is 55.8 Å². The molecule has 0 fully saturated rings. The number of hydrogen-bond donors (Lipinski definition) is 1. The Balaban J connectivity index is 2.12. The lowest BCUT2D eigenvalue weighted by molar-refractivity contribution is 0.584. The van der Waals surface area contributed by atoms with Crippen LogP contribution in [0.1, 0.15) is 42.0 Å². The zero-order valence-electron chi connectivity index (χ0n) is 13.9. The van der Waals surface area contributed by atoms with E-state index in [9.17, 15) is 8.42 Å². The zero-order chi connectivity index (χ0) is 17.0. The van der Waals surface area contributed by atoms with Gasteiger partial charge in [-0.25, -0.2) is 4.83 Å². The lowest BCUT2D eigenvalue weighted by Crippen LogP contribution is -2.19. The van der Waals surface area contributed by atoms with Crippen LogP contribution in [0.2, 0.25) is 0 Å². The molecular weight excluding hydrogens is 308 g/mol. The lowest BCUT2D eigenvalue weighted by Gasteiger charge is -2.07. The highest BCUT2D eigenvalue weighted by Crippen LogP contribution is 2.16. The van der Waals surface area contributed by atoms with Gasteiger partial charge in [-0.2, -0.15) is 13.5 Å². The highest BCUT2D eigenvalue weighted by atomic mass is 32.2. The van der Waals surface area contributed by atoms with Crippen LogP contribution in [-0.2, 0) is 10.0 Å². The molecule has 1 N–H and O–H groups in total. The van der Waals surface area contributed by atoms with Crippen molar-refractivity contribution in [1.29, 1.82) is 0 Å². The molecule has 0 aliphatic heterocycles. The number of benzene rings is 2. The average molecular weight is 330 g/mol. The minimum atomic E-state index is -3.65. The predicted molar refractivity (Wildman–Crippen MR) is 94.4 cm³/mol. The number of aryl methyl sites for hydroxylation is 2. The second kappa shape index (κ2) is 6.96. The van der Waals surface area contributed by atoms with Gasteiger partial charge in [0.05, 0.1) is 11.1 Å². The number of nitrogens with zero attached hydrogens (tertiary/aromatic N) is 1. The fraction of sp³-hybridized carbons (Fsp3) is 0.278. The van der Waals surface area contributed by atoms with Crippen molar-refractivity contribution in [2.24, 2.45) is 5.10 Å². The predicted octanol–water partition coefficient (Wildman–Crippen LogP) is 3.74. The summed E-state index contributed by atoms with van der Waals surface area (Å²) in [6.45, 7) is 7.95. The zero-order valence-corrected chi connectivity index (χ0v) is 14.7. The molecule has 0 unspecified atom stereocenters. The highest BCUT2D eigenvalue weighted by Gasteiger charge is 2.15. The largest absolute Gasteiger partial charge is 0.276 e. The van der Waals surface area contributed by atoms with Gasteiger partial charge in [0, 0.05) is 0 Å². The minimum absolute atomic E-state index is 0.246. The molecule has 0 spiro atoms. The summed E-state index contributed by atoms with van der Waals surface area (Å²) in [4.78, 5) is 2.51. The average Bonchev–Trinajstić information content (AvgIpc) is 2.47. The normalized spacial score (nSPS) is 12.0. The highest BCUT2D eigenvalue weighted by molar-refractivity contribution is 7.89. The van der Waals surface area contributed by atoms with Crippen LogP contribution in [0.4, 0.5) is 0 Å². The van der Waals surface area contributed by atoms with E-state index in [2.05, 4.69) is 23.8 Å². The molecule has 0 aromatic heterocycles. The minimum Gasteiger partial charge on any atom is -0.200 e. The van der Waals surface area contributed by atoms with Crippen molar-refractivity contribution in [1.82, 2.24) is 4.83 Å². The van der Waals surface area contributed by atoms with Crippen molar-refractivity contribution in [2.75, 3.05) is 0 Å². The Bertz CT molecular complexity index is 807. The van der Waals surface area contributed by atoms with Gasteiger partial charge in [0.2, 0.25) is 0 Å². The Morgan fingerprint density at radius 1 is 1.04 bits per heavy atom. The molecule has 0 aliphatic carbocycles. The van der Waals surface area contributed by atoms with Crippen LogP contribution in [-0.4, -0.2) is 14.6 Å². The number of nitrogens with one attached hydrogen (secondary N) is 1. The van der Waals surface area contributed by atoms with Gasteiger partial charge in [-0.15, -0.1) is 0 Å². The van der Waals surface area contributed by atoms with Crippen LogP contribution < -0.4 is 4.83 Å². The fourth-order valence-corrected chi connectivity index (χ4v) is 3.31. The Morgan fingerprint density at radius 2 is 1.70 bits per heavy atom. The Labute approximate surface area is 138 Å². The second-order valence-electron chi connectivity index (χ2n) is 5.94. The van der Waals surface area contributed by atoms with E-state index < -0.39 is 10.0 Å². The van der Waals surface area contributed by atoms with Crippen molar-refractivity contribution in [3.63, 3.8) is 0 Å². The summed E-state index contributed by atoms with van der Waals surface area (Å²) in [5, 5.41) is 3.86. The molecule has 122 valence electrons. The maximum absolute atomic E-state index is 12.3. The third-order valence-corrected chi connectivity index (χ3v) is 4.99. The molecule has 2 aromatic carbocycles. The molecule has 2 rings (SSSR count). The van der Waals surface area contributed by atoms with Crippen molar-refractivity contribution >= 4 is 16.2 Å². The Morgan fingerprint density at radius 3 is 2.26 bits per heavy atom. The number of rotatable bonds is 5. The summed E-state index contributed by atoms with van der Waals surface area (Å²) >= 11 is 0. The van der Waals surface area contributed by atoms with E-state index in [0.29, 0.717) is 11.5 Å². The van der Waals surface area contributed by atoms with Crippen LogP contribution in [0.25, 0.3) is 0 Å². The molecule has 0 saturated heterocycles. The summed E-state index contributed by atoms with van der Waals surface area (Å²) in [5.41, 5.74) is 3.81. The Hall–Kier alpha value is -2.14. The molecule has 4 nitrogen and oxygen atoms in total. The van der Waals surface area contributed by atoms with E-state index >= 15 is 0 Å². The maximum Gasteiger partial charge on any atom is 0.276 e. The first-order valence-corrected chi connectivity index (χ1v) is 9.00. The molecule has 5 heteroatoms. The second-order valence-corrected chi connectivity index (χ2v) is 7.57. The molecule has 23 heavy (non-hydrogen) atoms. The molecule has 0 amide bonds. The van der Waals surface area contributed by atoms with Crippen LogP contribution in [0.3, 0.4) is 0 Å². The topological polar surface area (TPSA) is 58.5 Å². The van der Waals surface area contributed by atoms with Crippen LogP contribution in [0, 0.1) is 13.8 Å². The molecular formula is C18H22N2O2S. The van der Waals surface area contributed by atoms with Crippen molar-refractivity contribution < 1.29 is 8.42 Å². The molecule has 2 aromatic rings. The monoisotopic (exact) mass is 330 g/mol. The third kappa shape index (κ3) is 4.42. The Kier molecular flexibility index (Phi) is 5.21. The van der Waals surface area contributed by atoms with E-state index in [1.807, 2.05) is 37.3 Å². The summed E-state index contributed by atoms with van der Waals surface area (Å²) in [6.07, 6.45) is 1.51. The van der Waals surface area contributed by atoms with Crippen LogP contribution >= 0.6 is 0 Å². The standard InChI is InChI=1S/C18H22N2O2S/c1-13(2)17-8-6-16(7-9-17)12-19-20-23(21,22)18-10-5-14(3)11-15(18)4/h5-13,20H,1-4H3/b19-12+. The van der Waals surface area contributed by atoms with E-state index in [1.165, 1.54) is 11.8 Å². The molecule has 0 heterocycles. The third-order valence-electron chi connectivity index (χ3n) is 3.61. The first-order chi connectivity index (χ1) is 10.8. The van der Waals surface area contributed by atoms with Gasteiger partial charge < -0.3 is 0 Å². The summed E-state index contributed by atoms with van der Waals surface area (Å²) in [6, 6.07) is 13.1. The molecule has 0 saturated carbocycles. The van der Waals surface area contributed by atoms with Crippen molar-refractivity contribution in [3.8, 4) is 0 Å². The summed E-state index contributed by atoms with van der Waals surface area (Å²) in [7, 11) is -3.65.